The van der Waals surface area contributed by atoms with Gasteiger partial charge < -0.3 is 5.73 Å². The molecule has 1 aliphatic carbocycles. The molecule has 21 heavy (non-hydrogen) atoms. The van der Waals surface area contributed by atoms with Gasteiger partial charge in [-0.2, -0.15) is 5.10 Å². The van der Waals surface area contributed by atoms with Crippen LogP contribution >= 0.6 is 11.3 Å². The fourth-order valence-corrected chi connectivity index (χ4v) is 3.81. The third-order valence-corrected chi connectivity index (χ3v) is 4.97. The second-order valence-electron chi connectivity index (χ2n) is 5.52. The van der Waals surface area contributed by atoms with Gasteiger partial charge in [0.25, 0.3) is 5.91 Å². The van der Waals surface area contributed by atoms with Crippen molar-refractivity contribution < 1.29 is 4.79 Å². The number of carbonyl (C=O) groups excluding carboxylic acids is 1. The van der Waals surface area contributed by atoms with E-state index in [9.17, 15) is 4.79 Å². The van der Waals surface area contributed by atoms with Gasteiger partial charge in [0.15, 0.2) is 5.13 Å². The highest BCUT2D eigenvalue weighted by Crippen LogP contribution is 2.29. The van der Waals surface area contributed by atoms with Gasteiger partial charge in [-0.3, -0.25) is 14.8 Å². The van der Waals surface area contributed by atoms with Gasteiger partial charge in [-0.15, -0.1) is 11.3 Å². The van der Waals surface area contributed by atoms with Crippen molar-refractivity contribution in [3.8, 4) is 0 Å². The molecule has 112 valence electrons. The number of hydrogen-bond acceptors (Lipinski definition) is 5. The Hall–Kier alpha value is -1.73. The van der Waals surface area contributed by atoms with Crippen molar-refractivity contribution in [2.45, 2.75) is 39.2 Å². The summed E-state index contributed by atoms with van der Waals surface area (Å²) < 4.78 is 1.72. The summed E-state index contributed by atoms with van der Waals surface area (Å²) in [6.45, 7) is 3.73. The number of amides is 1. The Kier molecular flexibility index (Phi) is 3.54. The molecular weight excluding hydrogens is 286 g/mol. The molecule has 6 nitrogen and oxygen atoms in total. The molecule has 2 aromatic rings. The Morgan fingerprint density at radius 3 is 2.90 bits per heavy atom. The van der Waals surface area contributed by atoms with Gasteiger partial charge in [0.1, 0.15) is 0 Å². The van der Waals surface area contributed by atoms with E-state index in [2.05, 4.69) is 15.4 Å². The average Bonchev–Trinajstić information content (AvgIpc) is 2.90. The fourth-order valence-electron chi connectivity index (χ4n) is 2.72. The monoisotopic (exact) mass is 305 g/mol. The molecular formula is C14H19N5OS. The van der Waals surface area contributed by atoms with Crippen molar-refractivity contribution in [3.63, 3.8) is 0 Å². The van der Waals surface area contributed by atoms with Gasteiger partial charge >= 0.3 is 0 Å². The van der Waals surface area contributed by atoms with Gasteiger partial charge in [-0.05, 0) is 33.1 Å². The predicted molar refractivity (Wildman–Crippen MR) is 82.7 cm³/mol. The van der Waals surface area contributed by atoms with Gasteiger partial charge in [0.2, 0.25) is 0 Å². The van der Waals surface area contributed by atoms with Crippen LogP contribution in [-0.2, 0) is 19.9 Å². The molecule has 0 bridgehead atoms. The van der Waals surface area contributed by atoms with E-state index in [0.717, 1.165) is 36.3 Å². The fraction of sp³-hybridized carbons (Fsp3) is 0.500. The predicted octanol–water partition coefficient (Wildman–Crippen LogP) is 1.56. The Bertz CT molecular complexity index is 703. The van der Waals surface area contributed by atoms with E-state index in [-0.39, 0.29) is 11.9 Å². The number of aryl methyl sites for hydroxylation is 3. The van der Waals surface area contributed by atoms with Crippen LogP contribution in [0.5, 0.6) is 0 Å². The summed E-state index contributed by atoms with van der Waals surface area (Å²) in [7, 11) is 1.84. The summed E-state index contributed by atoms with van der Waals surface area (Å²) in [6.07, 6.45) is 2.71. The number of carbonyl (C=O) groups is 1. The van der Waals surface area contributed by atoms with Gasteiger partial charge in [-0.1, -0.05) is 0 Å². The highest BCUT2D eigenvalue weighted by molar-refractivity contribution is 7.15. The van der Waals surface area contributed by atoms with Crippen molar-refractivity contribution in [2.24, 2.45) is 12.8 Å². The number of anilines is 1. The van der Waals surface area contributed by atoms with Crippen molar-refractivity contribution in [1.29, 1.82) is 0 Å². The number of nitrogens with zero attached hydrogens (tertiary/aromatic N) is 3. The molecule has 2 heterocycles. The van der Waals surface area contributed by atoms with Crippen molar-refractivity contribution in [3.05, 3.63) is 27.5 Å². The smallest absolute Gasteiger partial charge is 0.261 e. The number of nitrogens with two attached hydrogens (primary N) is 1. The quantitative estimate of drug-likeness (QED) is 0.881. The number of fused-ring (bicyclic) bond motifs is 1. The standard InChI is InChI=1S/C14H19N5OS/c1-7-12(8(2)19(3)18-7)13(20)17-14-16-10-5-4-9(15)6-11(10)21-14/h9H,4-6,15H2,1-3H3,(H,16,17,20)/t9-/m0/s1. The topological polar surface area (TPSA) is 85.8 Å². The SMILES string of the molecule is Cc1nn(C)c(C)c1C(=O)Nc1nc2c(s1)C[C@@H](N)CC2. The van der Waals surface area contributed by atoms with E-state index in [1.165, 1.54) is 16.2 Å². The van der Waals surface area contributed by atoms with Gasteiger partial charge in [-0.25, -0.2) is 4.98 Å². The molecule has 7 heteroatoms. The van der Waals surface area contributed by atoms with E-state index in [4.69, 9.17) is 5.73 Å². The zero-order valence-corrected chi connectivity index (χ0v) is 13.3. The highest BCUT2D eigenvalue weighted by Gasteiger charge is 2.22. The van der Waals surface area contributed by atoms with Crippen LogP contribution in [0.15, 0.2) is 0 Å². The Morgan fingerprint density at radius 2 is 2.24 bits per heavy atom. The molecule has 0 fully saturated rings. The van der Waals surface area contributed by atoms with Crippen LogP contribution in [0, 0.1) is 13.8 Å². The first-order valence-corrected chi connectivity index (χ1v) is 7.83. The molecule has 1 atom stereocenters. The first kappa shape index (κ1) is 14.2. The zero-order chi connectivity index (χ0) is 15.1. The summed E-state index contributed by atoms with van der Waals surface area (Å²) in [5, 5.41) is 7.82. The van der Waals surface area contributed by atoms with Crippen LogP contribution in [0.25, 0.3) is 0 Å². The Labute approximate surface area is 127 Å². The average molecular weight is 305 g/mol. The number of rotatable bonds is 2. The molecule has 0 spiro atoms. The molecule has 2 aromatic heterocycles. The molecule has 0 saturated carbocycles. The minimum atomic E-state index is -0.145. The maximum Gasteiger partial charge on any atom is 0.261 e. The molecule has 0 saturated heterocycles. The second kappa shape index (κ2) is 5.23. The van der Waals surface area contributed by atoms with Crippen LogP contribution in [0.2, 0.25) is 0 Å². The molecule has 0 unspecified atom stereocenters. The van der Waals surface area contributed by atoms with Crippen LogP contribution in [-0.4, -0.2) is 26.7 Å². The molecule has 1 amide bonds. The maximum absolute atomic E-state index is 12.4. The number of nitrogens with one attached hydrogen (secondary N) is 1. The normalized spacial score (nSPS) is 17.6. The summed E-state index contributed by atoms with van der Waals surface area (Å²) >= 11 is 1.53. The van der Waals surface area contributed by atoms with E-state index in [1.807, 2.05) is 20.9 Å². The zero-order valence-electron chi connectivity index (χ0n) is 12.4. The third-order valence-electron chi connectivity index (χ3n) is 3.93. The summed E-state index contributed by atoms with van der Waals surface area (Å²) in [5.74, 6) is -0.145. The van der Waals surface area contributed by atoms with Crippen LogP contribution in [0.3, 0.4) is 0 Å². The second-order valence-corrected chi connectivity index (χ2v) is 6.60. The maximum atomic E-state index is 12.4. The lowest BCUT2D eigenvalue weighted by molar-refractivity contribution is 0.102. The van der Waals surface area contributed by atoms with E-state index in [0.29, 0.717) is 10.7 Å². The molecule has 3 rings (SSSR count). The first-order valence-electron chi connectivity index (χ1n) is 7.01. The van der Waals surface area contributed by atoms with Gasteiger partial charge in [0.05, 0.1) is 17.0 Å². The first-order chi connectivity index (χ1) is 9.95. The van der Waals surface area contributed by atoms with Crippen LogP contribution in [0.1, 0.15) is 38.7 Å². The molecule has 0 radical (unpaired) electrons. The minimum Gasteiger partial charge on any atom is -0.327 e. The minimum absolute atomic E-state index is 0.145. The summed E-state index contributed by atoms with van der Waals surface area (Å²) in [4.78, 5) is 18.1. The lowest BCUT2D eigenvalue weighted by Gasteiger charge is -2.15. The molecule has 3 N–H and O–H groups in total. The number of aromatic nitrogens is 3. The number of hydrogen-bond donors (Lipinski definition) is 2. The third kappa shape index (κ3) is 2.58. The number of thiazole rings is 1. The lowest BCUT2D eigenvalue weighted by atomic mass is 9.99. The van der Waals surface area contributed by atoms with Gasteiger partial charge in [0, 0.05) is 23.7 Å². The van der Waals surface area contributed by atoms with Crippen molar-refractivity contribution >= 4 is 22.4 Å². The molecule has 1 aliphatic rings. The Morgan fingerprint density at radius 1 is 1.48 bits per heavy atom. The van der Waals surface area contributed by atoms with Crippen molar-refractivity contribution in [1.82, 2.24) is 14.8 Å². The molecule has 0 aromatic carbocycles. The van der Waals surface area contributed by atoms with Crippen molar-refractivity contribution in [2.75, 3.05) is 5.32 Å². The van der Waals surface area contributed by atoms with Crippen LogP contribution in [0.4, 0.5) is 5.13 Å². The summed E-state index contributed by atoms with van der Waals surface area (Å²) in [5.41, 5.74) is 9.27. The Balaban J connectivity index is 1.82. The van der Waals surface area contributed by atoms with E-state index in [1.54, 1.807) is 4.68 Å². The van der Waals surface area contributed by atoms with Crippen LogP contribution < -0.4 is 11.1 Å². The highest BCUT2D eigenvalue weighted by atomic mass is 32.1. The van der Waals surface area contributed by atoms with E-state index >= 15 is 0 Å². The summed E-state index contributed by atoms with van der Waals surface area (Å²) in [6, 6.07) is 0.212. The lowest BCUT2D eigenvalue weighted by Crippen LogP contribution is -2.27. The largest absolute Gasteiger partial charge is 0.327 e. The molecule has 0 aliphatic heterocycles. The van der Waals surface area contributed by atoms with E-state index < -0.39 is 0 Å².